The predicted molar refractivity (Wildman–Crippen MR) is 172 cm³/mol. The third kappa shape index (κ3) is 6.62. The number of hydrogen-bond acceptors (Lipinski definition) is 9. The maximum absolute atomic E-state index is 12.0. The Morgan fingerprint density at radius 2 is 1.93 bits per heavy atom. The summed E-state index contributed by atoms with van der Waals surface area (Å²) in [6, 6.07) is 14.2. The van der Waals surface area contributed by atoms with Gasteiger partial charge in [0.2, 0.25) is 11.8 Å². The molecule has 1 unspecified atom stereocenters. The second kappa shape index (κ2) is 12.4. The number of aryl methyl sites for hydroxylation is 1. The average Bonchev–Trinajstić information content (AvgIpc) is 3.73. The number of ether oxygens (including phenoxy) is 3. The zero-order valence-corrected chi connectivity index (χ0v) is 26.8. The quantitative estimate of drug-likeness (QED) is 0.133. The number of carbonyl (C=O) groups excluding carboxylic acids is 1. The van der Waals surface area contributed by atoms with Crippen molar-refractivity contribution in [2.75, 3.05) is 32.2 Å². The smallest absolute Gasteiger partial charge is 0.251 e. The molecule has 0 radical (unpaired) electrons. The molecule has 1 saturated heterocycles. The molecule has 11 nitrogen and oxygen atoms in total. The monoisotopic (exact) mass is 614 g/mol. The summed E-state index contributed by atoms with van der Waals surface area (Å²) in [6.45, 7) is 11.0. The van der Waals surface area contributed by atoms with Crippen molar-refractivity contribution >= 4 is 47.7 Å². The topological polar surface area (TPSA) is 126 Å². The van der Waals surface area contributed by atoms with Crippen molar-refractivity contribution in [3.05, 3.63) is 60.1 Å². The lowest BCUT2D eigenvalue weighted by molar-refractivity contribution is 0.0899. The van der Waals surface area contributed by atoms with Crippen LogP contribution in [0.5, 0.6) is 5.88 Å². The van der Waals surface area contributed by atoms with Crippen LogP contribution in [-0.4, -0.2) is 66.5 Å². The van der Waals surface area contributed by atoms with E-state index in [0.29, 0.717) is 61.1 Å². The lowest BCUT2D eigenvalue weighted by atomic mass is 10.1. The zero-order valence-electron chi connectivity index (χ0n) is 25.8. The first-order chi connectivity index (χ1) is 21.2. The molecule has 2 N–H and O–H groups in total. The Kier molecular flexibility index (Phi) is 8.39. The van der Waals surface area contributed by atoms with Crippen LogP contribution in [0.2, 0.25) is 25.7 Å². The minimum atomic E-state index is -1.26. The molecule has 230 valence electrons. The van der Waals surface area contributed by atoms with E-state index >= 15 is 0 Å². The van der Waals surface area contributed by atoms with Gasteiger partial charge in [-0.1, -0.05) is 25.7 Å². The van der Waals surface area contributed by atoms with Gasteiger partial charge < -0.3 is 33.8 Å². The highest BCUT2D eigenvalue weighted by atomic mass is 28.3. The summed E-state index contributed by atoms with van der Waals surface area (Å²) >= 11 is 0. The number of amides is 1. The maximum Gasteiger partial charge on any atom is 0.251 e. The van der Waals surface area contributed by atoms with E-state index < -0.39 is 8.07 Å². The van der Waals surface area contributed by atoms with Gasteiger partial charge in [0.1, 0.15) is 18.4 Å². The van der Waals surface area contributed by atoms with E-state index in [4.69, 9.17) is 28.6 Å². The predicted octanol–water partition coefficient (Wildman–Crippen LogP) is 6.13. The fraction of sp³-hybridized carbons (Fsp3) is 0.375. The van der Waals surface area contributed by atoms with Crippen molar-refractivity contribution in [1.29, 1.82) is 0 Å². The second-order valence-electron chi connectivity index (χ2n) is 12.2. The molecule has 2 aromatic carbocycles. The van der Waals surface area contributed by atoms with E-state index in [0.717, 1.165) is 40.2 Å². The molecule has 6 rings (SSSR count). The van der Waals surface area contributed by atoms with E-state index in [1.165, 1.54) is 0 Å². The normalized spacial score (nSPS) is 15.2. The summed E-state index contributed by atoms with van der Waals surface area (Å²) < 4.78 is 26.2. The fourth-order valence-corrected chi connectivity index (χ4v) is 5.86. The number of anilines is 2. The largest absolute Gasteiger partial charge is 0.471 e. The minimum absolute atomic E-state index is 0.128. The van der Waals surface area contributed by atoms with Crippen LogP contribution >= 0.6 is 0 Å². The van der Waals surface area contributed by atoms with Crippen LogP contribution in [0.3, 0.4) is 0 Å². The zero-order chi connectivity index (χ0) is 30.8. The minimum Gasteiger partial charge on any atom is -0.471 e. The van der Waals surface area contributed by atoms with Crippen LogP contribution in [0.4, 0.5) is 11.6 Å². The summed E-state index contributed by atoms with van der Waals surface area (Å²) in [5, 5.41) is 6.72. The maximum atomic E-state index is 12.0. The molecule has 1 fully saturated rings. The number of aromatic nitrogens is 4. The molecular formula is C32H38N6O5Si. The van der Waals surface area contributed by atoms with Gasteiger partial charge in [-0.05, 0) is 48.0 Å². The average molecular weight is 615 g/mol. The number of fused-ring (bicyclic) bond motifs is 2. The summed E-state index contributed by atoms with van der Waals surface area (Å²) in [7, 11) is 0.349. The van der Waals surface area contributed by atoms with Crippen LogP contribution in [0.1, 0.15) is 22.7 Å². The molecule has 12 heteroatoms. The van der Waals surface area contributed by atoms with Crippen LogP contribution in [0, 0.1) is 6.92 Å². The molecule has 1 aliphatic heterocycles. The summed E-state index contributed by atoms with van der Waals surface area (Å²) in [6.07, 6.45) is 2.68. The Labute approximate surface area is 257 Å². The summed E-state index contributed by atoms with van der Waals surface area (Å²) in [5.41, 5.74) is 5.32. The third-order valence-corrected chi connectivity index (χ3v) is 9.22. The molecule has 0 saturated carbocycles. The van der Waals surface area contributed by atoms with Gasteiger partial charge in [0.15, 0.2) is 17.1 Å². The molecule has 0 spiro atoms. The van der Waals surface area contributed by atoms with E-state index in [2.05, 4.69) is 35.3 Å². The number of benzene rings is 2. The standard InChI is InChI=1S/C32H38N6O5Si/c1-20-34-26-11-8-22(16-27(26)42-20)25-17-38(19-41-14-15-44(3,4)5)29-28(25)31(43-24-12-13-40-18-24)37-32(36-29)35-23-9-6-21(7-10-23)30(39)33-2/h6-11,16-17,24H,12-15,18-19H2,1-5H3,(H,33,39)(H,35,36,37). The van der Waals surface area contributed by atoms with E-state index in [1.54, 1.807) is 19.2 Å². The number of nitrogens with one attached hydrogen (secondary N) is 2. The molecule has 1 aliphatic rings. The van der Waals surface area contributed by atoms with Crippen molar-refractivity contribution in [2.45, 2.75) is 51.9 Å². The lowest BCUT2D eigenvalue weighted by Gasteiger charge is -2.16. The number of oxazole rings is 1. The van der Waals surface area contributed by atoms with Gasteiger partial charge in [-0.2, -0.15) is 9.97 Å². The molecule has 0 bridgehead atoms. The van der Waals surface area contributed by atoms with Crippen molar-refractivity contribution in [2.24, 2.45) is 0 Å². The highest BCUT2D eigenvalue weighted by molar-refractivity contribution is 6.76. The number of rotatable bonds is 11. The molecule has 5 aromatic rings. The molecule has 3 aromatic heterocycles. The Morgan fingerprint density at radius 1 is 1.11 bits per heavy atom. The van der Waals surface area contributed by atoms with Crippen LogP contribution in [0.25, 0.3) is 33.3 Å². The number of carbonyl (C=O) groups is 1. The van der Waals surface area contributed by atoms with Crippen molar-refractivity contribution in [1.82, 2.24) is 24.8 Å². The molecule has 0 aliphatic carbocycles. The van der Waals surface area contributed by atoms with Gasteiger partial charge >= 0.3 is 0 Å². The SMILES string of the molecule is CNC(=O)c1ccc(Nc2nc(OC3CCOC3)c3c(-c4ccc5nc(C)oc5c4)cn(COCC[Si](C)(C)C)c3n2)cc1. The first kappa shape index (κ1) is 29.8. The number of nitrogens with zero attached hydrogens (tertiary/aromatic N) is 4. The van der Waals surface area contributed by atoms with Crippen LogP contribution in [-0.2, 0) is 16.2 Å². The Morgan fingerprint density at radius 3 is 2.66 bits per heavy atom. The molecule has 4 heterocycles. The highest BCUT2D eigenvalue weighted by Gasteiger charge is 2.25. The second-order valence-corrected chi connectivity index (χ2v) is 17.8. The van der Waals surface area contributed by atoms with E-state index in [-0.39, 0.29) is 12.0 Å². The van der Waals surface area contributed by atoms with Crippen molar-refractivity contribution in [3.8, 4) is 17.0 Å². The van der Waals surface area contributed by atoms with E-state index in [9.17, 15) is 4.79 Å². The molecule has 44 heavy (non-hydrogen) atoms. The van der Waals surface area contributed by atoms with Gasteiger partial charge in [0.25, 0.3) is 5.91 Å². The summed E-state index contributed by atoms with van der Waals surface area (Å²) in [4.78, 5) is 26.3. The van der Waals surface area contributed by atoms with Crippen LogP contribution in [0.15, 0.2) is 53.1 Å². The van der Waals surface area contributed by atoms with E-state index in [1.807, 2.05) is 48.0 Å². The third-order valence-electron chi connectivity index (χ3n) is 7.51. The van der Waals surface area contributed by atoms with Gasteiger partial charge in [-0.15, -0.1) is 0 Å². The first-order valence-corrected chi connectivity index (χ1v) is 18.6. The summed E-state index contributed by atoms with van der Waals surface area (Å²) in [5.74, 6) is 1.29. The lowest BCUT2D eigenvalue weighted by Crippen LogP contribution is -2.22. The Hall–Kier alpha value is -4.26. The van der Waals surface area contributed by atoms with Crippen LogP contribution < -0.4 is 15.4 Å². The van der Waals surface area contributed by atoms with Gasteiger partial charge in [0.05, 0.1) is 18.6 Å². The fourth-order valence-electron chi connectivity index (χ4n) is 5.10. The van der Waals surface area contributed by atoms with Gasteiger partial charge in [-0.25, -0.2) is 4.98 Å². The first-order valence-electron chi connectivity index (χ1n) is 14.9. The van der Waals surface area contributed by atoms with Gasteiger partial charge in [0, 0.05) is 58.1 Å². The highest BCUT2D eigenvalue weighted by Crippen LogP contribution is 2.38. The molecule has 1 atom stereocenters. The Bertz CT molecular complexity index is 1790. The Balaban J connectivity index is 1.44. The molecule has 1 amide bonds. The van der Waals surface area contributed by atoms with Gasteiger partial charge in [-0.3, -0.25) is 4.79 Å². The van der Waals surface area contributed by atoms with Crippen molar-refractivity contribution in [3.63, 3.8) is 0 Å². The molecular weight excluding hydrogens is 576 g/mol. The number of hydrogen-bond donors (Lipinski definition) is 2. The van der Waals surface area contributed by atoms with Crippen molar-refractivity contribution < 1.29 is 23.4 Å².